The fourth-order valence-electron chi connectivity index (χ4n) is 1.89. The van der Waals surface area contributed by atoms with Crippen molar-refractivity contribution in [3.05, 3.63) is 29.6 Å². The predicted octanol–water partition coefficient (Wildman–Crippen LogP) is 2.22. The van der Waals surface area contributed by atoms with E-state index >= 15 is 0 Å². The van der Waals surface area contributed by atoms with Crippen LogP contribution < -0.4 is 5.73 Å². The second-order valence-corrected chi connectivity index (χ2v) is 7.89. The van der Waals surface area contributed by atoms with Crippen LogP contribution in [0.4, 0.5) is 4.39 Å². The van der Waals surface area contributed by atoms with E-state index in [1.54, 1.807) is 11.8 Å². The Morgan fingerprint density at radius 2 is 2.14 bits per heavy atom. The maximum Gasteiger partial charge on any atom is 0.243 e. The Balaban J connectivity index is 3.24. The Labute approximate surface area is 134 Å². The molecule has 4 nitrogen and oxygen atoms in total. The first-order valence-corrected chi connectivity index (χ1v) is 9.56. The van der Waals surface area contributed by atoms with E-state index in [-0.39, 0.29) is 21.5 Å². The molecular formula is C13H19FN2O2S3. The highest BCUT2D eigenvalue weighted by atomic mass is 32.2. The molecule has 0 radical (unpaired) electrons. The van der Waals surface area contributed by atoms with E-state index < -0.39 is 15.8 Å². The van der Waals surface area contributed by atoms with Gasteiger partial charge in [-0.3, -0.25) is 0 Å². The van der Waals surface area contributed by atoms with Crippen LogP contribution in [0.15, 0.2) is 23.1 Å². The predicted molar refractivity (Wildman–Crippen MR) is 89.7 cm³/mol. The van der Waals surface area contributed by atoms with Crippen molar-refractivity contribution in [1.82, 2.24) is 4.31 Å². The Bertz CT molecular complexity index is 620. The normalized spacial score (nSPS) is 13.4. The molecule has 0 saturated heterocycles. The quantitative estimate of drug-likeness (QED) is 0.764. The molecule has 0 aliphatic heterocycles. The van der Waals surface area contributed by atoms with Gasteiger partial charge in [-0.2, -0.15) is 16.1 Å². The highest BCUT2D eigenvalue weighted by Crippen LogP contribution is 2.22. The second kappa shape index (κ2) is 7.53. The lowest BCUT2D eigenvalue weighted by Gasteiger charge is -2.26. The number of thioether (sulfide) groups is 1. The van der Waals surface area contributed by atoms with Gasteiger partial charge in [0, 0.05) is 24.4 Å². The molecule has 1 aromatic carbocycles. The lowest BCUT2D eigenvalue weighted by molar-refractivity contribution is 0.385. The zero-order valence-electron chi connectivity index (χ0n) is 12.2. The average Bonchev–Trinajstić information content (AvgIpc) is 2.43. The Morgan fingerprint density at radius 1 is 1.52 bits per heavy atom. The van der Waals surface area contributed by atoms with Gasteiger partial charge in [0.1, 0.15) is 10.8 Å². The summed E-state index contributed by atoms with van der Waals surface area (Å²) in [7, 11) is -2.18. The topological polar surface area (TPSA) is 63.4 Å². The van der Waals surface area contributed by atoms with Crippen LogP contribution in [0, 0.1) is 5.82 Å². The van der Waals surface area contributed by atoms with Crippen LogP contribution >= 0.6 is 24.0 Å². The molecule has 0 bridgehead atoms. The third kappa shape index (κ3) is 4.15. The van der Waals surface area contributed by atoms with Gasteiger partial charge in [0.25, 0.3) is 0 Å². The Kier molecular flexibility index (Phi) is 6.58. The number of sulfonamides is 1. The lowest BCUT2D eigenvalue weighted by atomic mass is 10.2. The molecule has 118 valence electrons. The number of nitrogens with zero attached hydrogens (tertiary/aromatic N) is 1. The molecule has 1 unspecified atom stereocenters. The summed E-state index contributed by atoms with van der Waals surface area (Å²) in [5, 5.41) is 0. The lowest BCUT2D eigenvalue weighted by Crippen LogP contribution is -2.38. The van der Waals surface area contributed by atoms with Gasteiger partial charge in [0.2, 0.25) is 10.0 Å². The maximum absolute atomic E-state index is 13.6. The van der Waals surface area contributed by atoms with Crippen molar-refractivity contribution in [1.29, 1.82) is 0 Å². The molecule has 1 aromatic rings. The van der Waals surface area contributed by atoms with Gasteiger partial charge in [-0.05, 0) is 30.9 Å². The van der Waals surface area contributed by atoms with Gasteiger partial charge in [-0.15, -0.1) is 0 Å². The molecule has 0 fully saturated rings. The molecule has 0 heterocycles. The number of halogens is 1. The number of hydrogen-bond acceptors (Lipinski definition) is 4. The second-order valence-electron chi connectivity index (χ2n) is 4.54. The molecule has 21 heavy (non-hydrogen) atoms. The first-order valence-electron chi connectivity index (χ1n) is 6.32. The van der Waals surface area contributed by atoms with Crippen molar-refractivity contribution in [2.45, 2.75) is 24.3 Å². The third-order valence-corrected chi connectivity index (χ3v) is 6.07. The molecule has 0 aliphatic rings. The SMILES string of the molecule is CCC(CSC)N(C)S(=O)(=O)c1ccc(F)c(C(N)=S)c1. The monoisotopic (exact) mass is 350 g/mol. The minimum atomic E-state index is -3.71. The van der Waals surface area contributed by atoms with Gasteiger partial charge in [-0.1, -0.05) is 19.1 Å². The largest absolute Gasteiger partial charge is 0.389 e. The van der Waals surface area contributed by atoms with Gasteiger partial charge >= 0.3 is 0 Å². The van der Waals surface area contributed by atoms with Crippen LogP contribution in [0.2, 0.25) is 0 Å². The zero-order valence-corrected chi connectivity index (χ0v) is 14.6. The summed E-state index contributed by atoms with van der Waals surface area (Å²) in [6, 6.07) is 3.37. The summed E-state index contributed by atoms with van der Waals surface area (Å²) in [5.74, 6) is 0.0653. The summed E-state index contributed by atoms with van der Waals surface area (Å²) < 4.78 is 40.1. The molecule has 0 aromatic heterocycles. The van der Waals surface area contributed by atoms with Crippen LogP contribution in [0.1, 0.15) is 18.9 Å². The molecule has 2 N–H and O–H groups in total. The van der Waals surface area contributed by atoms with E-state index in [0.717, 1.165) is 6.07 Å². The average molecular weight is 351 g/mol. The fourth-order valence-corrected chi connectivity index (χ4v) is 4.44. The summed E-state index contributed by atoms with van der Waals surface area (Å²) >= 11 is 6.32. The molecule has 0 spiro atoms. The minimum absolute atomic E-state index is 0.00578. The molecular weight excluding hydrogens is 331 g/mol. The summed E-state index contributed by atoms with van der Waals surface area (Å²) in [5.41, 5.74) is 5.36. The molecule has 8 heteroatoms. The number of nitrogens with two attached hydrogens (primary N) is 1. The van der Waals surface area contributed by atoms with E-state index in [4.69, 9.17) is 18.0 Å². The van der Waals surface area contributed by atoms with E-state index in [1.807, 2.05) is 13.2 Å². The van der Waals surface area contributed by atoms with E-state index in [2.05, 4.69) is 0 Å². The van der Waals surface area contributed by atoms with E-state index in [0.29, 0.717) is 12.2 Å². The Hall–Kier alpha value is -0.700. The van der Waals surface area contributed by atoms with Crippen molar-refractivity contribution in [2.24, 2.45) is 5.73 Å². The standard InChI is InChI=1S/C13H19FN2O2S3/c1-4-9(8-20-3)16(2)21(17,18)10-5-6-12(14)11(7-10)13(15)19/h5-7,9H,4,8H2,1-3H3,(H2,15,19). The highest BCUT2D eigenvalue weighted by molar-refractivity contribution is 7.98. The van der Waals surface area contributed by atoms with Gasteiger partial charge in [0.15, 0.2) is 0 Å². The first kappa shape index (κ1) is 18.3. The van der Waals surface area contributed by atoms with E-state index in [1.165, 1.54) is 23.5 Å². The highest BCUT2D eigenvalue weighted by Gasteiger charge is 2.27. The summed E-state index contributed by atoms with van der Waals surface area (Å²) in [6.07, 6.45) is 2.62. The first-order chi connectivity index (χ1) is 9.75. The minimum Gasteiger partial charge on any atom is -0.389 e. The number of hydrogen-bond donors (Lipinski definition) is 1. The smallest absolute Gasteiger partial charge is 0.243 e. The van der Waals surface area contributed by atoms with Crippen molar-refractivity contribution in [3.8, 4) is 0 Å². The van der Waals surface area contributed by atoms with Gasteiger partial charge in [0.05, 0.1) is 4.90 Å². The van der Waals surface area contributed by atoms with Gasteiger partial charge < -0.3 is 5.73 Å². The molecule has 0 saturated carbocycles. The van der Waals surface area contributed by atoms with Crippen LogP contribution in [0.3, 0.4) is 0 Å². The van der Waals surface area contributed by atoms with Crippen molar-refractivity contribution < 1.29 is 12.8 Å². The maximum atomic E-state index is 13.6. The molecule has 1 rings (SSSR count). The van der Waals surface area contributed by atoms with Crippen molar-refractivity contribution in [3.63, 3.8) is 0 Å². The van der Waals surface area contributed by atoms with Crippen LogP contribution in [-0.4, -0.2) is 42.8 Å². The number of benzene rings is 1. The zero-order chi connectivity index (χ0) is 16.2. The fraction of sp³-hybridized carbons (Fsp3) is 0.462. The summed E-state index contributed by atoms with van der Waals surface area (Å²) in [4.78, 5) is -0.169. The van der Waals surface area contributed by atoms with E-state index in [9.17, 15) is 12.8 Å². The number of rotatable bonds is 7. The van der Waals surface area contributed by atoms with Crippen molar-refractivity contribution >= 4 is 39.0 Å². The van der Waals surface area contributed by atoms with Crippen LogP contribution in [-0.2, 0) is 10.0 Å². The molecule has 0 aliphatic carbocycles. The molecule has 0 amide bonds. The Morgan fingerprint density at radius 3 is 2.62 bits per heavy atom. The molecule has 1 atom stereocenters. The third-order valence-electron chi connectivity index (χ3n) is 3.22. The van der Waals surface area contributed by atoms with Crippen LogP contribution in [0.5, 0.6) is 0 Å². The van der Waals surface area contributed by atoms with Crippen LogP contribution in [0.25, 0.3) is 0 Å². The van der Waals surface area contributed by atoms with Crippen molar-refractivity contribution in [2.75, 3.05) is 19.1 Å². The summed E-state index contributed by atoms with van der Waals surface area (Å²) in [6.45, 7) is 1.93. The van der Waals surface area contributed by atoms with Gasteiger partial charge in [-0.25, -0.2) is 12.8 Å². The number of thiocarbonyl (C=S) groups is 1.